The SMILES string of the molecule is COCCSC(C)(O)c1ccc(Cl)cc1Cl. The molecule has 1 aromatic rings. The lowest BCUT2D eigenvalue weighted by atomic mass is 10.1. The molecule has 0 aliphatic carbocycles. The predicted molar refractivity (Wildman–Crippen MR) is 70.4 cm³/mol. The van der Waals surface area contributed by atoms with Gasteiger partial charge in [0.2, 0.25) is 0 Å². The average molecular weight is 281 g/mol. The normalized spacial score (nSPS) is 14.8. The Bertz CT molecular complexity index is 356. The zero-order chi connectivity index (χ0) is 12.2. The van der Waals surface area contributed by atoms with E-state index in [1.165, 1.54) is 11.8 Å². The van der Waals surface area contributed by atoms with E-state index >= 15 is 0 Å². The second-order valence-corrected chi connectivity index (χ2v) is 5.78. The van der Waals surface area contributed by atoms with Gasteiger partial charge in [0.05, 0.1) is 6.61 Å². The van der Waals surface area contributed by atoms with Crippen molar-refractivity contribution in [1.82, 2.24) is 0 Å². The fraction of sp³-hybridized carbons (Fsp3) is 0.455. The predicted octanol–water partition coefficient (Wildman–Crippen LogP) is 3.54. The topological polar surface area (TPSA) is 29.5 Å². The lowest BCUT2D eigenvalue weighted by Gasteiger charge is -2.24. The van der Waals surface area contributed by atoms with Crippen LogP contribution in [0.4, 0.5) is 0 Å². The van der Waals surface area contributed by atoms with Gasteiger partial charge < -0.3 is 9.84 Å². The van der Waals surface area contributed by atoms with Crippen molar-refractivity contribution in [2.45, 2.75) is 11.9 Å². The summed E-state index contributed by atoms with van der Waals surface area (Å²) in [6, 6.07) is 5.09. The summed E-state index contributed by atoms with van der Waals surface area (Å²) >= 11 is 13.2. The summed E-state index contributed by atoms with van der Waals surface area (Å²) < 4.78 is 4.94. The fourth-order valence-electron chi connectivity index (χ4n) is 1.27. The van der Waals surface area contributed by atoms with E-state index in [2.05, 4.69) is 0 Å². The molecular weight excluding hydrogens is 267 g/mol. The molecule has 0 radical (unpaired) electrons. The number of rotatable bonds is 5. The Balaban J connectivity index is 2.80. The van der Waals surface area contributed by atoms with Crippen LogP contribution >= 0.6 is 35.0 Å². The lowest BCUT2D eigenvalue weighted by Crippen LogP contribution is -2.18. The van der Waals surface area contributed by atoms with E-state index in [0.717, 1.165) is 0 Å². The van der Waals surface area contributed by atoms with Gasteiger partial charge in [-0.25, -0.2) is 0 Å². The van der Waals surface area contributed by atoms with Gasteiger partial charge in [-0.3, -0.25) is 0 Å². The Hall–Kier alpha value is 0.0700. The van der Waals surface area contributed by atoms with E-state index in [1.54, 1.807) is 32.2 Å². The first-order valence-corrected chi connectivity index (χ1v) is 6.52. The second-order valence-electron chi connectivity index (χ2n) is 3.45. The molecule has 5 heteroatoms. The molecule has 16 heavy (non-hydrogen) atoms. The Morgan fingerprint density at radius 2 is 2.12 bits per heavy atom. The molecule has 0 aromatic heterocycles. The van der Waals surface area contributed by atoms with Crippen LogP contribution in [0.2, 0.25) is 10.0 Å². The van der Waals surface area contributed by atoms with Crippen LogP contribution in [0, 0.1) is 0 Å². The monoisotopic (exact) mass is 280 g/mol. The maximum Gasteiger partial charge on any atom is 0.134 e. The highest BCUT2D eigenvalue weighted by atomic mass is 35.5. The van der Waals surface area contributed by atoms with Crippen LogP contribution in [0.1, 0.15) is 12.5 Å². The van der Waals surface area contributed by atoms with Crippen LogP contribution in [0.5, 0.6) is 0 Å². The Kier molecular flexibility index (Phi) is 5.41. The Morgan fingerprint density at radius 1 is 1.44 bits per heavy atom. The Labute approximate surface area is 110 Å². The third kappa shape index (κ3) is 3.82. The highest BCUT2D eigenvalue weighted by molar-refractivity contribution is 8.00. The molecule has 0 fully saturated rings. The summed E-state index contributed by atoms with van der Waals surface area (Å²) in [4.78, 5) is -1.03. The molecule has 0 aliphatic rings. The number of hydrogen-bond donors (Lipinski definition) is 1. The van der Waals surface area contributed by atoms with Crippen molar-refractivity contribution in [1.29, 1.82) is 0 Å². The number of thioether (sulfide) groups is 1. The minimum atomic E-state index is -1.03. The smallest absolute Gasteiger partial charge is 0.134 e. The van der Waals surface area contributed by atoms with Crippen molar-refractivity contribution in [3.63, 3.8) is 0 Å². The molecule has 0 saturated heterocycles. The molecule has 1 aromatic carbocycles. The molecule has 1 N–H and O–H groups in total. The molecule has 0 amide bonds. The second kappa shape index (κ2) is 6.12. The average Bonchev–Trinajstić information content (AvgIpc) is 2.17. The van der Waals surface area contributed by atoms with Gasteiger partial charge in [-0.1, -0.05) is 29.3 Å². The summed E-state index contributed by atoms with van der Waals surface area (Å²) in [5.41, 5.74) is 0.666. The molecule has 1 atom stereocenters. The van der Waals surface area contributed by atoms with Gasteiger partial charge >= 0.3 is 0 Å². The van der Waals surface area contributed by atoms with E-state index in [1.807, 2.05) is 0 Å². The maximum absolute atomic E-state index is 10.3. The van der Waals surface area contributed by atoms with Crippen LogP contribution in [0.25, 0.3) is 0 Å². The zero-order valence-electron chi connectivity index (χ0n) is 9.17. The van der Waals surface area contributed by atoms with Crippen molar-refractivity contribution < 1.29 is 9.84 Å². The molecular formula is C11H14Cl2O2S. The zero-order valence-corrected chi connectivity index (χ0v) is 11.5. The largest absolute Gasteiger partial charge is 0.384 e. The van der Waals surface area contributed by atoms with Crippen LogP contribution < -0.4 is 0 Å². The highest BCUT2D eigenvalue weighted by Crippen LogP contribution is 2.38. The summed E-state index contributed by atoms with van der Waals surface area (Å²) in [7, 11) is 1.63. The minimum absolute atomic E-state index is 0.474. The third-order valence-corrected chi connectivity index (χ3v) is 3.80. The quantitative estimate of drug-likeness (QED) is 0.661. The van der Waals surface area contributed by atoms with Gasteiger partial charge in [0.25, 0.3) is 0 Å². The van der Waals surface area contributed by atoms with E-state index in [9.17, 15) is 5.11 Å². The van der Waals surface area contributed by atoms with Gasteiger partial charge in [-0.05, 0) is 19.1 Å². The molecule has 0 bridgehead atoms. The van der Waals surface area contributed by atoms with Crippen molar-refractivity contribution in [3.8, 4) is 0 Å². The highest BCUT2D eigenvalue weighted by Gasteiger charge is 2.25. The van der Waals surface area contributed by atoms with E-state index < -0.39 is 4.93 Å². The van der Waals surface area contributed by atoms with Crippen LogP contribution in [-0.2, 0) is 9.67 Å². The van der Waals surface area contributed by atoms with Gasteiger partial charge in [-0.15, -0.1) is 11.8 Å². The minimum Gasteiger partial charge on any atom is -0.384 e. The van der Waals surface area contributed by atoms with E-state index in [0.29, 0.717) is 28.0 Å². The van der Waals surface area contributed by atoms with Crippen molar-refractivity contribution in [3.05, 3.63) is 33.8 Å². The molecule has 1 unspecified atom stereocenters. The molecule has 1 rings (SSSR count). The first kappa shape index (κ1) is 14.1. The summed E-state index contributed by atoms with van der Waals surface area (Å²) in [5, 5.41) is 11.3. The first-order valence-electron chi connectivity index (χ1n) is 4.78. The number of ether oxygens (including phenoxy) is 1. The van der Waals surface area contributed by atoms with E-state index in [-0.39, 0.29) is 0 Å². The summed E-state index contributed by atoms with van der Waals surface area (Å²) in [6.45, 7) is 2.30. The number of benzene rings is 1. The molecule has 0 heterocycles. The van der Waals surface area contributed by atoms with Crippen LogP contribution in [0.15, 0.2) is 18.2 Å². The molecule has 0 aliphatic heterocycles. The standard InChI is InChI=1S/C11H14Cl2O2S/c1-11(14,16-6-5-15-2)9-4-3-8(12)7-10(9)13/h3-4,7,14H,5-6H2,1-2H3. The van der Waals surface area contributed by atoms with Crippen LogP contribution in [0.3, 0.4) is 0 Å². The third-order valence-electron chi connectivity index (χ3n) is 2.10. The number of aliphatic hydroxyl groups is 1. The number of hydrogen-bond acceptors (Lipinski definition) is 3. The first-order chi connectivity index (χ1) is 7.47. The van der Waals surface area contributed by atoms with Crippen LogP contribution in [-0.4, -0.2) is 24.6 Å². The molecule has 0 saturated carbocycles. The van der Waals surface area contributed by atoms with Crippen molar-refractivity contribution in [2.75, 3.05) is 19.5 Å². The lowest BCUT2D eigenvalue weighted by molar-refractivity contribution is 0.157. The van der Waals surface area contributed by atoms with Crippen molar-refractivity contribution in [2.24, 2.45) is 0 Å². The maximum atomic E-state index is 10.3. The summed E-state index contributed by atoms with van der Waals surface area (Å²) in [6.07, 6.45) is 0. The summed E-state index contributed by atoms with van der Waals surface area (Å²) in [5.74, 6) is 0.697. The van der Waals surface area contributed by atoms with Gasteiger partial charge in [0.15, 0.2) is 0 Å². The van der Waals surface area contributed by atoms with Gasteiger partial charge in [0.1, 0.15) is 4.93 Å². The molecule has 90 valence electrons. The van der Waals surface area contributed by atoms with Gasteiger partial charge in [-0.2, -0.15) is 0 Å². The molecule has 2 nitrogen and oxygen atoms in total. The molecule has 0 spiro atoms. The fourth-order valence-corrected chi connectivity index (χ4v) is 2.90. The Morgan fingerprint density at radius 3 is 2.69 bits per heavy atom. The number of methoxy groups -OCH3 is 1. The number of halogens is 2. The van der Waals surface area contributed by atoms with E-state index in [4.69, 9.17) is 27.9 Å². The van der Waals surface area contributed by atoms with Crippen molar-refractivity contribution >= 4 is 35.0 Å². The van der Waals surface area contributed by atoms with Gasteiger partial charge in [0, 0.05) is 28.5 Å².